The number of carbonyl (C=O) groups excluding carboxylic acids is 1. The van der Waals surface area contributed by atoms with Gasteiger partial charge in [0.1, 0.15) is 11.6 Å². The highest BCUT2D eigenvalue weighted by molar-refractivity contribution is 5.79. The van der Waals surface area contributed by atoms with Crippen LogP contribution in [0.5, 0.6) is 0 Å². The molecule has 3 rings (SSSR count). The van der Waals surface area contributed by atoms with Gasteiger partial charge in [-0.2, -0.15) is 0 Å². The minimum absolute atomic E-state index is 0.117. The number of aromatic nitrogens is 1. The fourth-order valence-corrected chi connectivity index (χ4v) is 2.44. The lowest BCUT2D eigenvalue weighted by molar-refractivity contribution is -0.131. The maximum absolute atomic E-state index is 13.8. The summed E-state index contributed by atoms with van der Waals surface area (Å²) in [6, 6.07) is 6.95. The van der Waals surface area contributed by atoms with Gasteiger partial charge in [0.15, 0.2) is 0 Å². The first-order valence-corrected chi connectivity index (χ1v) is 7.47. The molecule has 0 radical (unpaired) electrons. The first kappa shape index (κ1) is 15.4. The lowest BCUT2D eigenvalue weighted by Gasteiger charge is -2.23. The average Bonchev–Trinajstić information content (AvgIpc) is 3.33. The van der Waals surface area contributed by atoms with E-state index in [1.165, 1.54) is 18.3 Å². The molecule has 1 aliphatic carbocycles. The van der Waals surface area contributed by atoms with Crippen molar-refractivity contribution in [2.75, 3.05) is 5.73 Å². The van der Waals surface area contributed by atoms with Crippen LogP contribution >= 0.6 is 0 Å². The Hall–Kier alpha value is -2.50. The molecule has 0 saturated heterocycles. The summed E-state index contributed by atoms with van der Waals surface area (Å²) >= 11 is 0. The molecule has 1 amide bonds. The lowest BCUT2D eigenvalue weighted by Crippen LogP contribution is -2.34. The number of hydrogen-bond donors (Lipinski definition) is 1. The van der Waals surface area contributed by atoms with Crippen molar-refractivity contribution in [2.45, 2.75) is 31.8 Å². The number of pyridine rings is 1. The molecule has 0 bridgehead atoms. The van der Waals surface area contributed by atoms with E-state index in [2.05, 4.69) is 4.98 Å². The van der Waals surface area contributed by atoms with Gasteiger partial charge in [0, 0.05) is 29.9 Å². The van der Waals surface area contributed by atoms with E-state index in [1.807, 2.05) is 0 Å². The number of benzene rings is 1. The third-order valence-electron chi connectivity index (χ3n) is 3.84. The van der Waals surface area contributed by atoms with Crippen LogP contribution in [0, 0.1) is 11.6 Å². The van der Waals surface area contributed by atoms with Gasteiger partial charge in [-0.05, 0) is 31.0 Å². The maximum atomic E-state index is 13.8. The number of carbonyl (C=O) groups is 1. The van der Waals surface area contributed by atoms with Crippen LogP contribution in [-0.4, -0.2) is 21.8 Å². The second-order valence-corrected chi connectivity index (χ2v) is 5.75. The van der Waals surface area contributed by atoms with Crippen molar-refractivity contribution in [3.8, 4) is 0 Å². The molecule has 1 aromatic heterocycles. The van der Waals surface area contributed by atoms with Crippen molar-refractivity contribution < 1.29 is 13.6 Å². The molecular weight excluding hydrogens is 300 g/mol. The fourth-order valence-electron chi connectivity index (χ4n) is 2.44. The Labute approximate surface area is 132 Å². The van der Waals surface area contributed by atoms with E-state index in [9.17, 15) is 13.6 Å². The van der Waals surface area contributed by atoms with Gasteiger partial charge < -0.3 is 10.6 Å². The van der Waals surface area contributed by atoms with Gasteiger partial charge in [0.05, 0.1) is 18.3 Å². The Morgan fingerprint density at radius 1 is 1.26 bits per heavy atom. The molecule has 6 heteroatoms. The molecule has 2 N–H and O–H groups in total. The van der Waals surface area contributed by atoms with Crippen LogP contribution in [0.4, 0.5) is 14.5 Å². The van der Waals surface area contributed by atoms with E-state index in [1.54, 1.807) is 17.0 Å². The summed E-state index contributed by atoms with van der Waals surface area (Å²) in [7, 11) is 0. The Morgan fingerprint density at radius 2 is 2.04 bits per heavy atom. The molecule has 4 nitrogen and oxygen atoms in total. The molecule has 1 fully saturated rings. The van der Waals surface area contributed by atoms with E-state index in [-0.39, 0.29) is 24.9 Å². The van der Waals surface area contributed by atoms with Crippen molar-refractivity contribution in [2.24, 2.45) is 0 Å². The van der Waals surface area contributed by atoms with Gasteiger partial charge in [-0.1, -0.05) is 6.07 Å². The normalized spacial score (nSPS) is 13.8. The summed E-state index contributed by atoms with van der Waals surface area (Å²) in [5.41, 5.74) is 7.05. The standard InChI is InChI=1S/C17H17F2N3O/c18-12-2-1-11(16(19)7-12)10-22(15-5-6-15)17(23)8-14-4-3-13(20)9-21-14/h1-4,7,9,15H,5-6,8,10,20H2. The van der Waals surface area contributed by atoms with Crippen LogP contribution in [0.15, 0.2) is 36.5 Å². The minimum Gasteiger partial charge on any atom is -0.397 e. The zero-order chi connectivity index (χ0) is 16.4. The van der Waals surface area contributed by atoms with Crippen molar-refractivity contribution in [1.29, 1.82) is 0 Å². The zero-order valence-electron chi connectivity index (χ0n) is 12.5. The van der Waals surface area contributed by atoms with Crippen molar-refractivity contribution in [3.05, 3.63) is 59.4 Å². The summed E-state index contributed by atoms with van der Waals surface area (Å²) in [6.07, 6.45) is 3.46. The molecule has 0 spiro atoms. The predicted octanol–water partition coefficient (Wildman–Crippen LogP) is 2.68. The monoisotopic (exact) mass is 317 g/mol. The highest BCUT2D eigenvalue weighted by Gasteiger charge is 2.33. The summed E-state index contributed by atoms with van der Waals surface area (Å²) in [5, 5.41) is 0. The third-order valence-corrected chi connectivity index (χ3v) is 3.84. The van der Waals surface area contributed by atoms with E-state index in [4.69, 9.17) is 5.73 Å². The topological polar surface area (TPSA) is 59.2 Å². The zero-order valence-corrected chi connectivity index (χ0v) is 12.5. The molecule has 23 heavy (non-hydrogen) atoms. The number of nitrogen functional groups attached to an aromatic ring is 1. The van der Waals surface area contributed by atoms with Crippen molar-refractivity contribution >= 4 is 11.6 Å². The quantitative estimate of drug-likeness (QED) is 0.922. The lowest BCUT2D eigenvalue weighted by atomic mass is 10.1. The number of nitrogens with two attached hydrogens (primary N) is 1. The largest absolute Gasteiger partial charge is 0.397 e. The van der Waals surface area contributed by atoms with Crippen LogP contribution in [0.25, 0.3) is 0 Å². The van der Waals surface area contributed by atoms with E-state index < -0.39 is 11.6 Å². The molecule has 0 aliphatic heterocycles. The fraction of sp³-hybridized carbons (Fsp3) is 0.294. The van der Waals surface area contributed by atoms with Crippen molar-refractivity contribution in [3.63, 3.8) is 0 Å². The number of nitrogens with zero attached hydrogens (tertiary/aromatic N) is 2. The highest BCUT2D eigenvalue weighted by atomic mass is 19.1. The van der Waals surface area contributed by atoms with E-state index in [0.717, 1.165) is 18.9 Å². The van der Waals surface area contributed by atoms with Gasteiger partial charge in [-0.25, -0.2) is 8.78 Å². The Balaban J connectivity index is 1.73. The minimum atomic E-state index is -0.631. The second-order valence-electron chi connectivity index (χ2n) is 5.75. The van der Waals surface area contributed by atoms with Gasteiger partial charge in [0.25, 0.3) is 0 Å². The summed E-state index contributed by atoms with van der Waals surface area (Å²) in [5.74, 6) is -1.37. The third kappa shape index (κ3) is 3.83. The first-order chi connectivity index (χ1) is 11.0. The average molecular weight is 317 g/mol. The Kier molecular flexibility index (Phi) is 4.23. The van der Waals surface area contributed by atoms with Gasteiger partial charge in [0.2, 0.25) is 5.91 Å². The molecule has 2 aromatic rings. The van der Waals surface area contributed by atoms with Gasteiger partial charge in [-0.3, -0.25) is 9.78 Å². The molecule has 0 atom stereocenters. The molecule has 1 aromatic carbocycles. The van der Waals surface area contributed by atoms with Gasteiger partial charge in [-0.15, -0.1) is 0 Å². The van der Waals surface area contributed by atoms with Crippen LogP contribution in [0.2, 0.25) is 0 Å². The summed E-state index contributed by atoms with van der Waals surface area (Å²) < 4.78 is 26.8. The smallest absolute Gasteiger partial charge is 0.229 e. The molecular formula is C17H17F2N3O. The molecule has 0 unspecified atom stereocenters. The van der Waals surface area contributed by atoms with Crippen molar-refractivity contribution in [1.82, 2.24) is 9.88 Å². The second kappa shape index (κ2) is 6.32. The number of rotatable bonds is 5. The van der Waals surface area contributed by atoms with Crippen LogP contribution in [0.1, 0.15) is 24.1 Å². The molecule has 120 valence electrons. The molecule has 1 saturated carbocycles. The highest BCUT2D eigenvalue weighted by Crippen LogP contribution is 2.29. The number of hydrogen-bond acceptors (Lipinski definition) is 3. The molecule has 1 aliphatic rings. The number of anilines is 1. The van der Waals surface area contributed by atoms with Crippen LogP contribution < -0.4 is 5.73 Å². The Morgan fingerprint density at radius 3 is 2.65 bits per heavy atom. The number of halogens is 2. The van der Waals surface area contributed by atoms with Gasteiger partial charge >= 0.3 is 0 Å². The SMILES string of the molecule is Nc1ccc(CC(=O)N(Cc2ccc(F)cc2F)C2CC2)nc1. The maximum Gasteiger partial charge on any atom is 0.229 e. The first-order valence-electron chi connectivity index (χ1n) is 7.47. The van der Waals surface area contributed by atoms with E-state index in [0.29, 0.717) is 16.9 Å². The number of amides is 1. The van der Waals surface area contributed by atoms with E-state index >= 15 is 0 Å². The Bertz CT molecular complexity index is 714. The molecule has 1 heterocycles. The van der Waals surface area contributed by atoms with Crippen LogP contribution in [0.3, 0.4) is 0 Å². The van der Waals surface area contributed by atoms with Crippen LogP contribution in [-0.2, 0) is 17.8 Å². The summed E-state index contributed by atoms with van der Waals surface area (Å²) in [4.78, 5) is 18.3. The summed E-state index contributed by atoms with van der Waals surface area (Å²) in [6.45, 7) is 0.143. The predicted molar refractivity (Wildman–Crippen MR) is 82.3 cm³/mol.